The monoisotopic (exact) mass is 1450 g/mol. The van der Waals surface area contributed by atoms with Gasteiger partial charge in [-0.3, -0.25) is 37.3 Å². The fourth-order valence-corrected chi connectivity index (χ4v) is 13.9. The van der Waals surface area contributed by atoms with Gasteiger partial charge in [-0.05, 0) is 43.4 Å². The molecule has 0 heterocycles. The minimum atomic E-state index is -4.96. The van der Waals surface area contributed by atoms with Crippen LogP contribution in [0.1, 0.15) is 414 Å². The topological polar surface area (TPSA) is 237 Å². The number of rotatable bonds is 78. The number of hydrogen-bond donors (Lipinski definition) is 3. The second-order valence-electron chi connectivity index (χ2n) is 30.2. The largest absolute Gasteiger partial charge is 0.472 e. The number of aliphatic hydroxyl groups excluding tert-OH is 1. The minimum Gasteiger partial charge on any atom is -0.462 e. The Kier molecular flexibility index (Phi) is 69.0. The highest BCUT2D eigenvalue weighted by atomic mass is 31.2. The number of phosphoric ester groups is 2. The molecule has 0 aliphatic carbocycles. The summed E-state index contributed by atoms with van der Waals surface area (Å²) < 4.78 is 68.6. The van der Waals surface area contributed by atoms with E-state index in [0.717, 1.165) is 108 Å². The molecule has 588 valence electrons. The number of carbonyl (C=O) groups is 4. The van der Waals surface area contributed by atoms with Gasteiger partial charge in [0.25, 0.3) is 0 Å². The third-order valence-electron chi connectivity index (χ3n) is 18.6. The van der Waals surface area contributed by atoms with Crippen LogP contribution in [-0.4, -0.2) is 96.7 Å². The molecule has 0 aliphatic heterocycles. The van der Waals surface area contributed by atoms with E-state index in [2.05, 4.69) is 48.5 Å². The van der Waals surface area contributed by atoms with E-state index >= 15 is 0 Å². The maximum absolute atomic E-state index is 13.1. The summed E-state index contributed by atoms with van der Waals surface area (Å²) >= 11 is 0. The molecule has 0 aromatic carbocycles. The van der Waals surface area contributed by atoms with Gasteiger partial charge in [-0.1, -0.05) is 363 Å². The highest BCUT2D eigenvalue weighted by Gasteiger charge is 2.30. The van der Waals surface area contributed by atoms with Crippen molar-refractivity contribution < 1.29 is 80.2 Å². The van der Waals surface area contributed by atoms with E-state index in [0.29, 0.717) is 25.7 Å². The molecule has 5 atom stereocenters. The molecule has 0 bridgehead atoms. The number of ether oxygens (including phenoxy) is 4. The SMILES string of the molecule is CCCCCCCCCCCCCCCCCCCCCC(=O)O[C@H](COC(=O)CCCCCCCCCCCCCCCCCC(C)C)COP(=O)(O)OC[C@@H](O)COP(=O)(O)OC[C@@H](COC(=O)CCCCCCCCCCC(C)C)OC(=O)CCCCCCCCCCC(C)C. The molecule has 99 heavy (non-hydrogen) atoms. The van der Waals surface area contributed by atoms with Crippen LogP contribution >= 0.6 is 15.6 Å². The molecule has 0 amide bonds. The molecule has 19 heteroatoms. The van der Waals surface area contributed by atoms with Crippen molar-refractivity contribution in [1.82, 2.24) is 0 Å². The number of esters is 4. The summed E-state index contributed by atoms with van der Waals surface area (Å²) in [6, 6.07) is 0. The highest BCUT2D eigenvalue weighted by molar-refractivity contribution is 7.47. The molecular formula is C80H156O17P2. The van der Waals surface area contributed by atoms with Gasteiger partial charge < -0.3 is 33.8 Å². The van der Waals surface area contributed by atoms with Crippen LogP contribution in [0.4, 0.5) is 0 Å². The lowest BCUT2D eigenvalue weighted by atomic mass is 10.0. The van der Waals surface area contributed by atoms with Gasteiger partial charge in [0.15, 0.2) is 12.2 Å². The first-order chi connectivity index (χ1) is 47.7. The molecule has 0 saturated heterocycles. The highest BCUT2D eigenvalue weighted by Crippen LogP contribution is 2.45. The van der Waals surface area contributed by atoms with Gasteiger partial charge in [0.05, 0.1) is 26.4 Å². The van der Waals surface area contributed by atoms with Crippen LogP contribution in [0.25, 0.3) is 0 Å². The van der Waals surface area contributed by atoms with Crippen molar-refractivity contribution in [3.8, 4) is 0 Å². The first-order valence-electron chi connectivity index (χ1n) is 41.3. The van der Waals surface area contributed by atoms with Crippen LogP contribution < -0.4 is 0 Å². The Hall–Kier alpha value is -1.94. The van der Waals surface area contributed by atoms with Gasteiger partial charge in [0.2, 0.25) is 0 Å². The van der Waals surface area contributed by atoms with Crippen LogP contribution in [0.15, 0.2) is 0 Å². The maximum Gasteiger partial charge on any atom is 0.472 e. The molecular weight excluding hydrogens is 1290 g/mol. The Morgan fingerprint density at radius 1 is 0.273 bits per heavy atom. The minimum absolute atomic E-state index is 0.104. The lowest BCUT2D eigenvalue weighted by Gasteiger charge is -2.21. The predicted molar refractivity (Wildman–Crippen MR) is 405 cm³/mol. The lowest BCUT2D eigenvalue weighted by molar-refractivity contribution is -0.161. The number of phosphoric acid groups is 2. The Morgan fingerprint density at radius 2 is 0.465 bits per heavy atom. The molecule has 0 aliphatic rings. The number of hydrogen-bond acceptors (Lipinski definition) is 15. The summed E-state index contributed by atoms with van der Waals surface area (Å²) in [6.45, 7) is 11.9. The zero-order chi connectivity index (χ0) is 73.0. The van der Waals surface area contributed by atoms with Crippen molar-refractivity contribution in [1.29, 1.82) is 0 Å². The lowest BCUT2D eigenvalue weighted by Crippen LogP contribution is -2.30. The first kappa shape index (κ1) is 97.1. The van der Waals surface area contributed by atoms with Crippen molar-refractivity contribution in [3.63, 3.8) is 0 Å². The quantitative estimate of drug-likeness (QED) is 0.0222. The summed E-state index contributed by atoms with van der Waals surface area (Å²) in [5.41, 5.74) is 0. The van der Waals surface area contributed by atoms with Gasteiger partial charge in [-0.25, -0.2) is 9.13 Å². The fraction of sp³-hybridized carbons (Fsp3) is 0.950. The molecule has 2 unspecified atom stereocenters. The summed E-state index contributed by atoms with van der Waals surface area (Å²) in [5.74, 6) is 0.136. The molecule has 17 nitrogen and oxygen atoms in total. The van der Waals surface area contributed by atoms with Crippen LogP contribution in [-0.2, 0) is 65.4 Å². The van der Waals surface area contributed by atoms with Gasteiger partial charge in [0.1, 0.15) is 19.3 Å². The average molecular weight is 1450 g/mol. The van der Waals surface area contributed by atoms with Crippen LogP contribution in [0, 0.1) is 17.8 Å². The fourth-order valence-electron chi connectivity index (χ4n) is 12.3. The van der Waals surface area contributed by atoms with E-state index in [1.165, 1.54) is 225 Å². The maximum atomic E-state index is 13.1. The number of aliphatic hydroxyl groups is 1. The molecule has 0 aromatic heterocycles. The third kappa shape index (κ3) is 74.1. The van der Waals surface area contributed by atoms with E-state index in [1.54, 1.807) is 0 Å². The van der Waals surface area contributed by atoms with E-state index in [-0.39, 0.29) is 25.7 Å². The van der Waals surface area contributed by atoms with Gasteiger partial charge in [0, 0.05) is 25.7 Å². The van der Waals surface area contributed by atoms with Crippen molar-refractivity contribution >= 4 is 39.5 Å². The normalized spacial score (nSPS) is 14.0. The Labute approximate surface area is 607 Å². The summed E-state index contributed by atoms with van der Waals surface area (Å²) in [7, 11) is -9.92. The molecule has 0 fully saturated rings. The zero-order valence-electron chi connectivity index (χ0n) is 65.0. The van der Waals surface area contributed by atoms with E-state index in [4.69, 9.17) is 37.0 Å². The standard InChI is InChI=1S/C80H156O17P2/c1-8-9-10-11-12-13-14-15-16-17-18-19-22-26-29-32-42-49-56-63-79(84)96-75(67-90-77(82)61-54-47-40-31-28-25-23-20-21-24-27-30-37-44-51-58-71(2)3)69-94-98(86,87)92-65-74(81)66-93-99(88,89)95-70-76(97-80(85)64-57-50-43-36-34-39-46-53-60-73(6)7)68-91-78(83)62-55-48-41-35-33-38-45-52-59-72(4)5/h71-76,81H,8-70H2,1-7H3,(H,86,87)(H,88,89)/t74-,75-,76-/m1/s1. The van der Waals surface area contributed by atoms with Crippen LogP contribution in [0.5, 0.6) is 0 Å². The second kappa shape index (κ2) is 70.4. The Bertz CT molecular complexity index is 1920. The second-order valence-corrected chi connectivity index (χ2v) is 33.1. The van der Waals surface area contributed by atoms with Crippen molar-refractivity contribution in [2.45, 2.75) is 433 Å². The molecule has 0 saturated carbocycles. The smallest absolute Gasteiger partial charge is 0.462 e. The number of unbranched alkanes of at least 4 members (excludes halogenated alkanes) is 46. The molecule has 0 aromatic rings. The third-order valence-corrected chi connectivity index (χ3v) is 20.5. The van der Waals surface area contributed by atoms with Crippen molar-refractivity contribution in [3.05, 3.63) is 0 Å². The molecule has 3 N–H and O–H groups in total. The van der Waals surface area contributed by atoms with E-state index < -0.39 is 97.5 Å². The molecule has 0 rings (SSSR count). The van der Waals surface area contributed by atoms with E-state index in [9.17, 15) is 43.2 Å². The van der Waals surface area contributed by atoms with Crippen LogP contribution in [0.2, 0.25) is 0 Å². The molecule has 0 radical (unpaired) electrons. The number of carbonyl (C=O) groups excluding carboxylic acids is 4. The van der Waals surface area contributed by atoms with E-state index in [1.807, 2.05) is 0 Å². The average Bonchev–Trinajstić information content (AvgIpc) is 0.971. The van der Waals surface area contributed by atoms with Gasteiger partial charge in [-0.15, -0.1) is 0 Å². The Balaban J connectivity index is 5.23. The Morgan fingerprint density at radius 3 is 0.687 bits per heavy atom. The first-order valence-corrected chi connectivity index (χ1v) is 44.3. The van der Waals surface area contributed by atoms with Crippen LogP contribution in [0.3, 0.4) is 0 Å². The summed E-state index contributed by atoms with van der Waals surface area (Å²) in [6.07, 6.45) is 58.5. The van der Waals surface area contributed by atoms with Gasteiger partial charge >= 0.3 is 39.5 Å². The van der Waals surface area contributed by atoms with Gasteiger partial charge in [-0.2, -0.15) is 0 Å². The van der Waals surface area contributed by atoms with Crippen molar-refractivity contribution in [2.24, 2.45) is 17.8 Å². The summed E-state index contributed by atoms with van der Waals surface area (Å²) in [5, 5.41) is 10.6. The zero-order valence-corrected chi connectivity index (χ0v) is 66.8. The van der Waals surface area contributed by atoms with Crippen molar-refractivity contribution in [2.75, 3.05) is 39.6 Å². The molecule has 0 spiro atoms. The summed E-state index contributed by atoms with van der Waals surface area (Å²) in [4.78, 5) is 72.9. The predicted octanol–water partition coefficient (Wildman–Crippen LogP) is 23.7.